The molecule has 0 N–H and O–H groups in total. The Bertz CT molecular complexity index is 3260. The van der Waals surface area contributed by atoms with Crippen LogP contribution < -0.4 is 4.90 Å². The number of fused-ring (bicyclic) bond motifs is 6. The molecule has 10 aromatic carbocycles. The Hall–Kier alpha value is -7.68. The zero-order valence-electron chi connectivity index (χ0n) is 31.7. The molecule has 0 aliphatic carbocycles. The molecule has 0 fully saturated rings. The van der Waals surface area contributed by atoms with Crippen LogP contribution in [0.15, 0.2) is 229 Å². The van der Waals surface area contributed by atoms with Gasteiger partial charge in [-0.3, -0.25) is 0 Å². The SMILES string of the molecule is c1ccc(-c2ccc(-c3ccccc3)c(-c3ccc(N(c4ccc5c(ccc6ccccc65)c4)c4ccc(-c5ccccc5)c5oc6ccccc6c45)cc3)c2)cc1. The standard InChI is InChI=1S/C56H37NO/c1-4-14-38(15-5-1)43-28-32-48(39-16-6-2-7-17-39)52(37-43)42-26-29-45(30-27-42)57(46-31-33-49-44(36-46)25-24-41-20-10-11-21-47(41)49)53-35-34-50(40-18-8-3-9-19-40)56-55(53)51-22-12-13-23-54(51)58-56/h1-37H. The summed E-state index contributed by atoms with van der Waals surface area (Å²) in [4.78, 5) is 2.40. The van der Waals surface area contributed by atoms with E-state index in [-0.39, 0.29) is 0 Å². The molecule has 1 aromatic heterocycles. The van der Waals surface area contributed by atoms with E-state index in [0.717, 1.165) is 55.7 Å². The lowest BCUT2D eigenvalue weighted by atomic mass is 9.91. The first-order chi connectivity index (χ1) is 28.8. The summed E-state index contributed by atoms with van der Waals surface area (Å²) in [6.07, 6.45) is 0. The van der Waals surface area contributed by atoms with Gasteiger partial charge in [-0.2, -0.15) is 0 Å². The number of hydrogen-bond donors (Lipinski definition) is 0. The highest BCUT2D eigenvalue weighted by atomic mass is 16.3. The summed E-state index contributed by atoms with van der Waals surface area (Å²) in [5.74, 6) is 0. The second-order valence-electron chi connectivity index (χ2n) is 14.9. The van der Waals surface area contributed by atoms with Crippen molar-refractivity contribution in [1.29, 1.82) is 0 Å². The van der Waals surface area contributed by atoms with Crippen LogP contribution in [0.3, 0.4) is 0 Å². The van der Waals surface area contributed by atoms with E-state index in [4.69, 9.17) is 4.42 Å². The van der Waals surface area contributed by atoms with Crippen molar-refractivity contribution in [3.8, 4) is 44.5 Å². The zero-order valence-corrected chi connectivity index (χ0v) is 31.7. The van der Waals surface area contributed by atoms with Gasteiger partial charge in [0.1, 0.15) is 11.2 Å². The van der Waals surface area contributed by atoms with E-state index in [1.54, 1.807) is 0 Å². The Labute approximate surface area is 337 Å². The number of para-hydroxylation sites is 1. The monoisotopic (exact) mass is 739 g/mol. The topological polar surface area (TPSA) is 16.4 Å². The van der Waals surface area contributed by atoms with Crippen molar-refractivity contribution < 1.29 is 4.42 Å². The molecule has 0 unspecified atom stereocenters. The molecule has 0 aliphatic rings. The average molecular weight is 740 g/mol. The fourth-order valence-electron chi connectivity index (χ4n) is 8.66. The van der Waals surface area contributed by atoms with Gasteiger partial charge in [0.2, 0.25) is 0 Å². The summed E-state index contributed by atoms with van der Waals surface area (Å²) in [6.45, 7) is 0. The summed E-state index contributed by atoms with van der Waals surface area (Å²) in [6, 6.07) is 80.6. The number of anilines is 3. The molecule has 0 atom stereocenters. The largest absolute Gasteiger partial charge is 0.455 e. The molecule has 0 amide bonds. The van der Waals surface area contributed by atoms with Crippen LogP contribution in [0, 0.1) is 0 Å². The van der Waals surface area contributed by atoms with E-state index in [9.17, 15) is 0 Å². The normalized spacial score (nSPS) is 11.4. The lowest BCUT2D eigenvalue weighted by Gasteiger charge is -2.27. The van der Waals surface area contributed by atoms with Gasteiger partial charge in [0, 0.05) is 22.3 Å². The summed E-state index contributed by atoms with van der Waals surface area (Å²) in [5.41, 5.74) is 14.3. The van der Waals surface area contributed by atoms with E-state index in [1.807, 2.05) is 6.07 Å². The predicted molar refractivity (Wildman–Crippen MR) is 245 cm³/mol. The van der Waals surface area contributed by atoms with Crippen LogP contribution in [0.1, 0.15) is 0 Å². The van der Waals surface area contributed by atoms with Gasteiger partial charge in [0.25, 0.3) is 0 Å². The van der Waals surface area contributed by atoms with Gasteiger partial charge in [-0.15, -0.1) is 0 Å². The van der Waals surface area contributed by atoms with Gasteiger partial charge in [0.15, 0.2) is 0 Å². The lowest BCUT2D eigenvalue weighted by molar-refractivity contribution is 0.670. The van der Waals surface area contributed by atoms with Crippen molar-refractivity contribution in [1.82, 2.24) is 0 Å². The minimum atomic E-state index is 0.870. The highest BCUT2D eigenvalue weighted by molar-refractivity contribution is 6.17. The molecule has 2 heteroatoms. The zero-order chi connectivity index (χ0) is 38.4. The molecule has 0 bridgehead atoms. The van der Waals surface area contributed by atoms with Crippen LogP contribution in [-0.4, -0.2) is 0 Å². The van der Waals surface area contributed by atoms with E-state index in [1.165, 1.54) is 49.4 Å². The van der Waals surface area contributed by atoms with Gasteiger partial charge in [-0.25, -0.2) is 0 Å². The molecule has 272 valence electrons. The summed E-state index contributed by atoms with van der Waals surface area (Å²) < 4.78 is 6.77. The summed E-state index contributed by atoms with van der Waals surface area (Å²) in [5, 5.41) is 7.10. The number of furan rings is 1. The number of nitrogens with zero attached hydrogens (tertiary/aromatic N) is 1. The van der Waals surface area contributed by atoms with E-state index in [0.29, 0.717) is 0 Å². The van der Waals surface area contributed by atoms with E-state index >= 15 is 0 Å². The average Bonchev–Trinajstić information content (AvgIpc) is 3.70. The minimum Gasteiger partial charge on any atom is -0.455 e. The van der Waals surface area contributed by atoms with Crippen LogP contribution >= 0.6 is 0 Å². The third-order valence-electron chi connectivity index (χ3n) is 11.5. The molecule has 2 nitrogen and oxygen atoms in total. The highest BCUT2D eigenvalue weighted by Gasteiger charge is 2.23. The van der Waals surface area contributed by atoms with Gasteiger partial charge in [-0.05, 0) is 109 Å². The first kappa shape index (κ1) is 33.6. The summed E-state index contributed by atoms with van der Waals surface area (Å²) in [7, 11) is 0. The van der Waals surface area contributed by atoms with Gasteiger partial charge in [0.05, 0.1) is 11.1 Å². The molecular weight excluding hydrogens is 703 g/mol. The predicted octanol–water partition coefficient (Wildman–Crippen LogP) is 16.0. The highest BCUT2D eigenvalue weighted by Crippen LogP contribution is 2.47. The molecule has 1 heterocycles. The first-order valence-corrected chi connectivity index (χ1v) is 19.8. The summed E-state index contributed by atoms with van der Waals surface area (Å²) >= 11 is 0. The van der Waals surface area contributed by atoms with Crippen molar-refractivity contribution >= 4 is 60.5 Å². The van der Waals surface area contributed by atoms with Crippen molar-refractivity contribution in [2.45, 2.75) is 0 Å². The van der Waals surface area contributed by atoms with Crippen molar-refractivity contribution in [3.05, 3.63) is 224 Å². The smallest absolute Gasteiger partial charge is 0.145 e. The molecule has 11 aromatic rings. The lowest BCUT2D eigenvalue weighted by Crippen LogP contribution is -2.10. The Morgan fingerprint density at radius 3 is 1.62 bits per heavy atom. The molecule has 58 heavy (non-hydrogen) atoms. The van der Waals surface area contributed by atoms with Gasteiger partial charge >= 0.3 is 0 Å². The van der Waals surface area contributed by atoms with E-state index < -0.39 is 0 Å². The first-order valence-electron chi connectivity index (χ1n) is 19.8. The van der Waals surface area contributed by atoms with Crippen LogP contribution in [-0.2, 0) is 0 Å². The van der Waals surface area contributed by atoms with Crippen molar-refractivity contribution in [2.75, 3.05) is 4.90 Å². The van der Waals surface area contributed by atoms with Gasteiger partial charge < -0.3 is 9.32 Å². The quantitative estimate of drug-likeness (QED) is 0.151. The maximum Gasteiger partial charge on any atom is 0.145 e. The van der Waals surface area contributed by atoms with Crippen LogP contribution in [0.2, 0.25) is 0 Å². The van der Waals surface area contributed by atoms with Gasteiger partial charge in [-0.1, -0.05) is 176 Å². The molecular formula is C56H37NO. The van der Waals surface area contributed by atoms with E-state index in [2.05, 4.69) is 223 Å². The van der Waals surface area contributed by atoms with Crippen LogP contribution in [0.25, 0.3) is 88.0 Å². The molecule has 0 radical (unpaired) electrons. The third kappa shape index (κ3) is 5.82. The number of benzene rings is 10. The fraction of sp³-hybridized carbons (Fsp3) is 0. The second-order valence-corrected chi connectivity index (χ2v) is 14.9. The Balaban J connectivity index is 1.13. The second kappa shape index (κ2) is 14.1. The van der Waals surface area contributed by atoms with Crippen molar-refractivity contribution in [3.63, 3.8) is 0 Å². The maximum absolute atomic E-state index is 6.77. The van der Waals surface area contributed by atoms with Crippen LogP contribution in [0.5, 0.6) is 0 Å². The number of rotatable bonds is 7. The van der Waals surface area contributed by atoms with Crippen LogP contribution in [0.4, 0.5) is 17.1 Å². The Kier molecular flexibility index (Phi) is 8.19. The van der Waals surface area contributed by atoms with Crippen molar-refractivity contribution in [2.24, 2.45) is 0 Å². The number of hydrogen-bond acceptors (Lipinski definition) is 2. The molecule has 0 saturated carbocycles. The molecule has 11 rings (SSSR count). The molecule has 0 aliphatic heterocycles. The minimum absolute atomic E-state index is 0.870. The third-order valence-corrected chi connectivity index (χ3v) is 11.5. The Morgan fingerprint density at radius 1 is 0.310 bits per heavy atom. The Morgan fingerprint density at radius 2 is 0.862 bits per heavy atom. The maximum atomic E-state index is 6.77. The molecule has 0 saturated heterocycles. The molecule has 0 spiro atoms. The fourth-order valence-corrected chi connectivity index (χ4v) is 8.66.